The van der Waals surface area contributed by atoms with Gasteiger partial charge in [0.1, 0.15) is 0 Å². The number of hydrogen-bond acceptors (Lipinski definition) is 2. The van der Waals surface area contributed by atoms with Crippen LogP contribution in [-0.2, 0) is 0 Å². The molecule has 1 amide bonds. The van der Waals surface area contributed by atoms with Crippen LogP contribution in [0, 0.1) is 0 Å². The SMILES string of the molecule is O=C(NC(F)F)c1ccncc1. The van der Waals surface area contributed by atoms with Gasteiger partial charge in [0.15, 0.2) is 0 Å². The van der Waals surface area contributed by atoms with Gasteiger partial charge in [-0.05, 0) is 12.1 Å². The zero-order chi connectivity index (χ0) is 8.97. The Labute approximate surface area is 67.4 Å². The number of halogens is 2. The van der Waals surface area contributed by atoms with Gasteiger partial charge in [-0.15, -0.1) is 0 Å². The van der Waals surface area contributed by atoms with E-state index in [1.54, 1.807) is 0 Å². The molecule has 1 aromatic heterocycles. The second-order valence-electron chi connectivity index (χ2n) is 2.01. The van der Waals surface area contributed by atoms with Crippen LogP contribution in [-0.4, -0.2) is 17.4 Å². The molecule has 0 spiro atoms. The van der Waals surface area contributed by atoms with Crippen LogP contribution in [0.2, 0.25) is 0 Å². The lowest BCUT2D eigenvalue weighted by Gasteiger charge is -2.01. The summed E-state index contributed by atoms with van der Waals surface area (Å²) in [6.07, 6.45) is 2.72. The fourth-order valence-corrected chi connectivity index (χ4v) is 0.686. The summed E-state index contributed by atoms with van der Waals surface area (Å²) in [5.74, 6) is -0.799. The Hall–Kier alpha value is -1.52. The largest absolute Gasteiger partial charge is 0.315 e. The molecule has 5 heteroatoms. The lowest BCUT2D eigenvalue weighted by atomic mass is 10.2. The predicted octanol–water partition coefficient (Wildman–Crippen LogP) is 1.03. The van der Waals surface area contributed by atoms with Gasteiger partial charge in [-0.3, -0.25) is 15.1 Å². The summed E-state index contributed by atoms with van der Waals surface area (Å²) in [6.45, 7) is -2.83. The zero-order valence-electron chi connectivity index (χ0n) is 6.00. The lowest BCUT2D eigenvalue weighted by molar-refractivity contribution is 0.0699. The van der Waals surface area contributed by atoms with Crippen molar-refractivity contribution in [3.63, 3.8) is 0 Å². The molecule has 0 atom stereocenters. The van der Waals surface area contributed by atoms with Gasteiger partial charge >= 0.3 is 6.55 Å². The molecule has 0 saturated heterocycles. The number of hydrogen-bond donors (Lipinski definition) is 1. The Morgan fingerprint density at radius 1 is 1.42 bits per heavy atom. The van der Waals surface area contributed by atoms with Gasteiger partial charge in [-0.1, -0.05) is 0 Å². The molecule has 1 heterocycles. The van der Waals surface area contributed by atoms with E-state index < -0.39 is 12.5 Å². The highest BCUT2D eigenvalue weighted by atomic mass is 19.3. The van der Waals surface area contributed by atoms with Crippen LogP contribution in [0.5, 0.6) is 0 Å². The number of rotatable bonds is 2. The second kappa shape index (κ2) is 3.75. The van der Waals surface area contributed by atoms with E-state index in [0.717, 1.165) is 0 Å². The molecule has 1 N–H and O–H groups in total. The van der Waals surface area contributed by atoms with Crippen molar-refractivity contribution in [2.45, 2.75) is 6.55 Å². The van der Waals surface area contributed by atoms with E-state index in [1.807, 2.05) is 0 Å². The Kier molecular flexibility index (Phi) is 2.68. The Morgan fingerprint density at radius 2 is 2.00 bits per heavy atom. The van der Waals surface area contributed by atoms with Crippen molar-refractivity contribution in [1.29, 1.82) is 0 Å². The molecule has 12 heavy (non-hydrogen) atoms. The van der Waals surface area contributed by atoms with E-state index in [1.165, 1.54) is 29.8 Å². The third-order valence-electron chi connectivity index (χ3n) is 1.18. The Bertz CT molecular complexity index is 263. The van der Waals surface area contributed by atoms with Crippen molar-refractivity contribution >= 4 is 5.91 Å². The first-order chi connectivity index (χ1) is 5.70. The fraction of sp³-hybridized carbons (Fsp3) is 0.143. The van der Waals surface area contributed by atoms with Crippen LogP contribution < -0.4 is 5.32 Å². The average Bonchev–Trinajstić information content (AvgIpc) is 2.05. The second-order valence-corrected chi connectivity index (χ2v) is 2.01. The van der Waals surface area contributed by atoms with Gasteiger partial charge < -0.3 is 0 Å². The minimum atomic E-state index is -2.83. The topological polar surface area (TPSA) is 42.0 Å². The highest BCUT2D eigenvalue weighted by molar-refractivity contribution is 5.93. The van der Waals surface area contributed by atoms with Gasteiger partial charge in [0.2, 0.25) is 0 Å². The normalized spacial score (nSPS) is 9.92. The number of carbonyl (C=O) groups is 1. The number of nitrogens with zero attached hydrogens (tertiary/aromatic N) is 1. The van der Waals surface area contributed by atoms with Gasteiger partial charge in [-0.2, -0.15) is 8.78 Å². The van der Waals surface area contributed by atoms with Crippen molar-refractivity contribution in [3.8, 4) is 0 Å². The quantitative estimate of drug-likeness (QED) is 0.677. The fourth-order valence-electron chi connectivity index (χ4n) is 0.686. The number of carbonyl (C=O) groups excluding carboxylic acids is 1. The standard InChI is InChI=1S/C7H6F2N2O/c8-7(9)11-6(12)5-1-3-10-4-2-5/h1-4,7H,(H,11,12). The maximum atomic E-state index is 11.6. The number of pyridine rings is 1. The number of aromatic nitrogens is 1. The summed E-state index contributed by atoms with van der Waals surface area (Å²) in [5.41, 5.74) is 0.172. The van der Waals surface area contributed by atoms with E-state index in [0.29, 0.717) is 0 Å². The van der Waals surface area contributed by atoms with Crippen LogP contribution in [0.4, 0.5) is 8.78 Å². The Balaban J connectivity index is 2.66. The molecule has 0 radical (unpaired) electrons. The minimum absolute atomic E-state index is 0.172. The summed E-state index contributed by atoms with van der Waals surface area (Å²) >= 11 is 0. The number of alkyl halides is 2. The van der Waals surface area contributed by atoms with E-state index in [-0.39, 0.29) is 5.56 Å². The lowest BCUT2D eigenvalue weighted by Crippen LogP contribution is -2.28. The first-order valence-corrected chi connectivity index (χ1v) is 3.19. The van der Waals surface area contributed by atoms with Crippen LogP contribution in [0.25, 0.3) is 0 Å². The molecule has 0 aliphatic rings. The van der Waals surface area contributed by atoms with E-state index in [9.17, 15) is 13.6 Å². The van der Waals surface area contributed by atoms with Crippen molar-refractivity contribution in [2.24, 2.45) is 0 Å². The maximum absolute atomic E-state index is 11.6. The number of amides is 1. The molecular weight excluding hydrogens is 166 g/mol. The van der Waals surface area contributed by atoms with Crippen molar-refractivity contribution in [1.82, 2.24) is 10.3 Å². The van der Waals surface area contributed by atoms with Crippen LogP contribution in [0.15, 0.2) is 24.5 Å². The summed E-state index contributed by atoms with van der Waals surface area (Å²) < 4.78 is 23.2. The Morgan fingerprint density at radius 3 is 2.50 bits per heavy atom. The molecule has 3 nitrogen and oxygen atoms in total. The monoisotopic (exact) mass is 172 g/mol. The zero-order valence-corrected chi connectivity index (χ0v) is 6.00. The smallest absolute Gasteiger partial charge is 0.296 e. The van der Waals surface area contributed by atoms with E-state index >= 15 is 0 Å². The van der Waals surface area contributed by atoms with Crippen molar-refractivity contribution in [3.05, 3.63) is 30.1 Å². The summed E-state index contributed by atoms with van der Waals surface area (Å²) in [5, 5.41) is 1.46. The maximum Gasteiger partial charge on any atom is 0.315 e. The minimum Gasteiger partial charge on any atom is -0.296 e. The van der Waals surface area contributed by atoms with Gasteiger partial charge in [0.25, 0.3) is 5.91 Å². The molecule has 0 fully saturated rings. The van der Waals surface area contributed by atoms with Crippen molar-refractivity contribution in [2.75, 3.05) is 0 Å². The molecular formula is C7H6F2N2O. The molecule has 0 aliphatic carbocycles. The molecule has 1 aromatic rings. The number of nitrogens with one attached hydrogen (secondary N) is 1. The molecule has 0 aliphatic heterocycles. The molecule has 0 unspecified atom stereocenters. The third-order valence-corrected chi connectivity index (χ3v) is 1.18. The molecule has 0 aromatic carbocycles. The van der Waals surface area contributed by atoms with Crippen LogP contribution in [0.1, 0.15) is 10.4 Å². The molecule has 0 bridgehead atoms. The highest BCUT2D eigenvalue weighted by Gasteiger charge is 2.09. The van der Waals surface area contributed by atoms with Gasteiger partial charge in [0.05, 0.1) is 0 Å². The van der Waals surface area contributed by atoms with Gasteiger partial charge in [-0.25, -0.2) is 0 Å². The van der Waals surface area contributed by atoms with Gasteiger partial charge in [0, 0.05) is 18.0 Å². The van der Waals surface area contributed by atoms with Crippen molar-refractivity contribution < 1.29 is 13.6 Å². The highest BCUT2D eigenvalue weighted by Crippen LogP contribution is 1.97. The molecule has 64 valence electrons. The van der Waals surface area contributed by atoms with Crippen LogP contribution in [0.3, 0.4) is 0 Å². The molecule has 0 saturated carbocycles. The summed E-state index contributed by atoms with van der Waals surface area (Å²) in [7, 11) is 0. The summed E-state index contributed by atoms with van der Waals surface area (Å²) in [4.78, 5) is 14.5. The predicted molar refractivity (Wildman–Crippen MR) is 37.7 cm³/mol. The third kappa shape index (κ3) is 2.26. The average molecular weight is 172 g/mol. The molecule has 1 rings (SSSR count). The first kappa shape index (κ1) is 8.58. The van der Waals surface area contributed by atoms with E-state index in [4.69, 9.17) is 0 Å². The first-order valence-electron chi connectivity index (χ1n) is 3.19. The van der Waals surface area contributed by atoms with E-state index in [2.05, 4.69) is 4.98 Å². The van der Waals surface area contributed by atoms with Crippen LogP contribution >= 0.6 is 0 Å². The summed E-state index contributed by atoms with van der Waals surface area (Å²) in [6, 6.07) is 2.72.